The van der Waals surface area contributed by atoms with Gasteiger partial charge in [0.05, 0.1) is 10.6 Å². The molecule has 0 atom stereocenters. The van der Waals surface area contributed by atoms with E-state index in [1.54, 1.807) is 48.5 Å². The normalized spacial score (nSPS) is 11.1. The Morgan fingerprint density at radius 3 is 2.26 bits per heavy atom. The Bertz CT molecular complexity index is 1300. The van der Waals surface area contributed by atoms with Crippen molar-refractivity contribution in [1.82, 2.24) is 9.97 Å². The van der Waals surface area contributed by atoms with Gasteiger partial charge < -0.3 is 11.1 Å². The molecule has 0 aliphatic carbocycles. The van der Waals surface area contributed by atoms with Gasteiger partial charge in [-0.25, -0.2) is 18.4 Å². The average Bonchev–Trinajstić information content (AvgIpc) is 2.75. The maximum atomic E-state index is 12.5. The second-order valence-corrected chi connectivity index (χ2v) is 8.72. The predicted molar refractivity (Wildman–Crippen MR) is 124 cm³/mol. The Kier molecular flexibility index (Phi) is 5.55. The van der Waals surface area contributed by atoms with Crippen molar-refractivity contribution in [2.75, 3.05) is 15.8 Å². The number of benzene rings is 3. The van der Waals surface area contributed by atoms with Gasteiger partial charge in [0.2, 0.25) is 0 Å². The van der Waals surface area contributed by atoms with Gasteiger partial charge in [-0.2, -0.15) is 0 Å². The lowest BCUT2D eigenvalue weighted by molar-refractivity contribution is 0.601. The minimum Gasteiger partial charge on any atom is -0.399 e. The first kappa shape index (κ1) is 20.4. The number of hydrogen-bond acceptors (Lipinski definition) is 6. The van der Waals surface area contributed by atoms with Crippen LogP contribution in [0.5, 0.6) is 0 Å². The molecule has 0 amide bonds. The molecule has 156 valence electrons. The van der Waals surface area contributed by atoms with Gasteiger partial charge in [-0.15, -0.1) is 0 Å². The van der Waals surface area contributed by atoms with Crippen molar-refractivity contribution in [2.45, 2.75) is 11.8 Å². The minimum absolute atomic E-state index is 0.218. The van der Waals surface area contributed by atoms with Crippen LogP contribution in [-0.2, 0) is 10.0 Å². The highest BCUT2D eigenvalue weighted by Gasteiger charge is 2.13. The number of nitrogen functional groups attached to an aromatic ring is 1. The number of nitrogens with two attached hydrogens (primary N) is 1. The fraction of sp³-hybridized carbons (Fsp3) is 0.0435. The predicted octanol–water partition coefficient (Wildman–Crippen LogP) is 4.58. The highest BCUT2D eigenvalue weighted by molar-refractivity contribution is 7.92. The molecule has 0 unspecified atom stereocenters. The van der Waals surface area contributed by atoms with E-state index in [1.165, 1.54) is 6.33 Å². The molecule has 31 heavy (non-hydrogen) atoms. The van der Waals surface area contributed by atoms with Crippen molar-refractivity contribution in [3.63, 3.8) is 0 Å². The quantitative estimate of drug-likeness (QED) is 0.386. The van der Waals surface area contributed by atoms with Crippen LogP contribution in [0.1, 0.15) is 5.56 Å². The van der Waals surface area contributed by atoms with Crippen molar-refractivity contribution in [1.29, 1.82) is 0 Å². The summed E-state index contributed by atoms with van der Waals surface area (Å²) in [6.07, 6.45) is 1.48. The Balaban J connectivity index is 1.48. The maximum absolute atomic E-state index is 12.5. The SMILES string of the molecule is Cc1ccc(S(=O)(=O)Nc2ccc(Nc3cc(-c4cccc(N)c4)ncn3)cc2)cc1. The molecule has 0 aliphatic heterocycles. The largest absolute Gasteiger partial charge is 0.399 e. The highest BCUT2D eigenvalue weighted by Crippen LogP contribution is 2.24. The second-order valence-electron chi connectivity index (χ2n) is 7.03. The molecule has 0 spiro atoms. The average molecular weight is 432 g/mol. The topological polar surface area (TPSA) is 110 Å². The van der Waals surface area contributed by atoms with E-state index < -0.39 is 10.0 Å². The third-order valence-electron chi connectivity index (χ3n) is 4.59. The summed E-state index contributed by atoms with van der Waals surface area (Å²) in [5.74, 6) is 0.611. The van der Waals surface area contributed by atoms with Gasteiger partial charge in [0.15, 0.2) is 0 Å². The third-order valence-corrected chi connectivity index (χ3v) is 5.99. The van der Waals surface area contributed by atoms with Gasteiger partial charge in [0.1, 0.15) is 12.1 Å². The molecule has 1 heterocycles. The molecule has 7 nitrogen and oxygen atoms in total. The molecule has 4 rings (SSSR count). The number of anilines is 4. The smallest absolute Gasteiger partial charge is 0.261 e. The molecule has 3 aromatic carbocycles. The Morgan fingerprint density at radius 2 is 1.55 bits per heavy atom. The first-order chi connectivity index (χ1) is 14.9. The lowest BCUT2D eigenvalue weighted by Crippen LogP contribution is -2.12. The Hall–Kier alpha value is -3.91. The maximum Gasteiger partial charge on any atom is 0.261 e. The zero-order valence-corrected chi connectivity index (χ0v) is 17.6. The van der Waals surface area contributed by atoms with Crippen LogP contribution in [0.2, 0.25) is 0 Å². The number of hydrogen-bond donors (Lipinski definition) is 3. The Morgan fingerprint density at radius 1 is 0.839 bits per heavy atom. The molecule has 0 bridgehead atoms. The van der Waals surface area contributed by atoms with Crippen molar-refractivity contribution < 1.29 is 8.42 Å². The van der Waals surface area contributed by atoms with Gasteiger partial charge in [0.25, 0.3) is 10.0 Å². The zero-order valence-electron chi connectivity index (χ0n) is 16.8. The van der Waals surface area contributed by atoms with Crippen LogP contribution in [-0.4, -0.2) is 18.4 Å². The molecule has 0 aliphatic rings. The van der Waals surface area contributed by atoms with Gasteiger partial charge >= 0.3 is 0 Å². The van der Waals surface area contributed by atoms with E-state index >= 15 is 0 Å². The van der Waals surface area contributed by atoms with Crippen LogP contribution in [0, 0.1) is 6.92 Å². The monoisotopic (exact) mass is 431 g/mol. The number of aromatic nitrogens is 2. The molecule has 0 saturated heterocycles. The van der Waals surface area contributed by atoms with Crippen molar-refractivity contribution in [2.24, 2.45) is 0 Å². The zero-order chi connectivity index (χ0) is 21.8. The molecule has 1 aromatic heterocycles. The number of nitrogens with one attached hydrogen (secondary N) is 2. The van der Waals surface area contributed by atoms with Gasteiger partial charge in [-0.05, 0) is 55.5 Å². The van der Waals surface area contributed by atoms with E-state index in [9.17, 15) is 8.42 Å². The van der Waals surface area contributed by atoms with Crippen LogP contribution < -0.4 is 15.8 Å². The van der Waals surface area contributed by atoms with Crippen LogP contribution >= 0.6 is 0 Å². The lowest BCUT2D eigenvalue weighted by Gasteiger charge is -2.10. The fourth-order valence-electron chi connectivity index (χ4n) is 2.98. The summed E-state index contributed by atoms with van der Waals surface area (Å²) in [5.41, 5.74) is 10.4. The summed E-state index contributed by atoms with van der Waals surface area (Å²) in [5, 5.41) is 3.20. The van der Waals surface area contributed by atoms with Crippen LogP contribution in [0.15, 0.2) is 90.1 Å². The van der Waals surface area contributed by atoms with Gasteiger partial charge in [0, 0.05) is 28.7 Å². The van der Waals surface area contributed by atoms with E-state index in [1.807, 2.05) is 37.3 Å². The first-order valence-electron chi connectivity index (χ1n) is 9.54. The standard InChI is InChI=1S/C23H21N5O2S/c1-16-5-11-21(12-6-16)31(29,30)28-20-9-7-19(8-10-20)27-23-14-22(25-15-26-23)17-3-2-4-18(24)13-17/h2-15,28H,24H2,1H3,(H,25,26,27). The van der Waals surface area contributed by atoms with Crippen molar-refractivity contribution in [3.05, 3.63) is 90.8 Å². The molecule has 0 radical (unpaired) electrons. The number of rotatable bonds is 6. The lowest BCUT2D eigenvalue weighted by atomic mass is 10.1. The second kappa shape index (κ2) is 8.45. The Labute approximate surface area is 181 Å². The van der Waals surface area contributed by atoms with E-state index in [4.69, 9.17) is 5.73 Å². The van der Waals surface area contributed by atoms with E-state index in [0.717, 1.165) is 22.5 Å². The molecular weight excluding hydrogens is 410 g/mol. The molecular formula is C23H21N5O2S. The fourth-order valence-corrected chi connectivity index (χ4v) is 4.04. The first-order valence-corrected chi connectivity index (χ1v) is 11.0. The van der Waals surface area contributed by atoms with E-state index in [-0.39, 0.29) is 4.90 Å². The summed E-state index contributed by atoms with van der Waals surface area (Å²) >= 11 is 0. The van der Waals surface area contributed by atoms with Crippen molar-refractivity contribution in [3.8, 4) is 11.3 Å². The van der Waals surface area contributed by atoms with Crippen LogP contribution in [0.3, 0.4) is 0 Å². The molecule has 4 aromatic rings. The molecule has 0 fully saturated rings. The minimum atomic E-state index is -3.64. The summed E-state index contributed by atoms with van der Waals surface area (Å²) in [6, 6.07) is 22.9. The summed E-state index contributed by atoms with van der Waals surface area (Å²) in [7, 11) is -3.64. The number of sulfonamides is 1. The molecule has 0 saturated carbocycles. The molecule has 8 heteroatoms. The van der Waals surface area contributed by atoms with Gasteiger partial charge in [-0.3, -0.25) is 4.72 Å². The number of aryl methyl sites for hydroxylation is 1. The highest BCUT2D eigenvalue weighted by atomic mass is 32.2. The summed E-state index contributed by atoms with van der Waals surface area (Å²) in [6.45, 7) is 1.91. The van der Waals surface area contributed by atoms with E-state index in [0.29, 0.717) is 17.2 Å². The van der Waals surface area contributed by atoms with Crippen LogP contribution in [0.4, 0.5) is 22.9 Å². The van der Waals surface area contributed by atoms with Gasteiger partial charge in [-0.1, -0.05) is 29.8 Å². The van der Waals surface area contributed by atoms with Crippen molar-refractivity contribution >= 4 is 32.9 Å². The molecule has 4 N–H and O–H groups in total. The summed E-state index contributed by atoms with van der Waals surface area (Å²) in [4.78, 5) is 8.76. The summed E-state index contributed by atoms with van der Waals surface area (Å²) < 4.78 is 27.7. The number of nitrogens with zero attached hydrogens (tertiary/aromatic N) is 2. The van der Waals surface area contributed by atoms with E-state index in [2.05, 4.69) is 20.0 Å². The van der Waals surface area contributed by atoms with Crippen LogP contribution in [0.25, 0.3) is 11.3 Å². The third kappa shape index (κ3) is 4.99.